The van der Waals surface area contributed by atoms with Crippen molar-refractivity contribution in [1.82, 2.24) is 19.7 Å². The highest BCUT2D eigenvalue weighted by Crippen LogP contribution is 2.21. The number of aryl methyl sites for hydroxylation is 1. The van der Waals surface area contributed by atoms with Crippen molar-refractivity contribution in [3.63, 3.8) is 0 Å². The molecule has 0 atom stereocenters. The van der Waals surface area contributed by atoms with Crippen molar-refractivity contribution in [2.45, 2.75) is 6.92 Å². The molecule has 0 aliphatic rings. The number of aromatic nitrogens is 4. The average Bonchev–Trinajstić information content (AvgIpc) is 2.67. The standard InChI is InChI=1S/C12H15BrN6O/c1-7-10(13)11(17-19(7)4)12(20)16-8-5-9(18(2)3)15-6-14-8/h5-6H,1-4H3,(H,14,15,16,20). The highest BCUT2D eigenvalue weighted by molar-refractivity contribution is 9.10. The van der Waals surface area contributed by atoms with Gasteiger partial charge in [-0.2, -0.15) is 5.10 Å². The van der Waals surface area contributed by atoms with Gasteiger partial charge >= 0.3 is 0 Å². The van der Waals surface area contributed by atoms with Gasteiger partial charge in [-0.3, -0.25) is 9.48 Å². The van der Waals surface area contributed by atoms with Gasteiger partial charge in [-0.05, 0) is 22.9 Å². The van der Waals surface area contributed by atoms with E-state index in [-0.39, 0.29) is 5.91 Å². The summed E-state index contributed by atoms with van der Waals surface area (Å²) in [6.07, 6.45) is 1.41. The first-order valence-corrected chi connectivity index (χ1v) is 6.69. The van der Waals surface area contributed by atoms with Crippen LogP contribution in [-0.4, -0.2) is 39.8 Å². The minimum Gasteiger partial charge on any atom is -0.363 e. The summed E-state index contributed by atoms with van der Waals surface area (Å²) in [5, 5.41) is 6.88. The zero-order chi connectivity index (χ0) is 14.9. The van der Waals surface area contributed by atoms with Gasteiger partial charge in [0.25, 0.3) is 5.91 Å². The van der Waals surface area contributed by atoms with Crippen LogP contribution in [-0.2, 0) is 7.05 Å². The number of rotatable bonds is 3. The molecule has 20 heavy (non-hydrogen) atoms. The number of carbonyl (C=O) groups excluding carboxylic acids is 1. The molecule has 0 unspecified atom stereocenters. The molecule has 106 valence electrons. The van der Waals surface area contributed by atoms with Gasteiger partial charge in [0.2, 0.25) is 0 Å². The van der Waals surface area contributed by atoms with Gasteiger partial charge < -0.3 is 10.2 Å². The van der Waals surface area contributed by atoms with Crippen molar-refractivity contribution in [2.75, 3.05) is 24.3 Å². The Bertz CT molecular complexity index is 651. The van der Waals surface area contributed by atoms with Crippen LogP contribution in [0.1, 0.15) is 16.2 Å². The lowest BCUT2D eigenvalue weighted by Gasteiger charge is -2.11. The summed E-state index contributed by atoms with van der Waals surface area (Å²) >= 11 is 3.37. The number of carbonyl (C=O) groups is 1. The predicted octanol–water partition coefficient (Wildman–Crippen LogP) is 1.60. The molecule has 0 saturated heterocycles. The maximum absolute atomic E-state index is 12.2. The van der Waals surface area contributed by atoms with Gasteiger partial charge in [0.05, 0.1) is 10.2 Å². The van der Waals surface area contributed by atoms with Gasteiger partial charge in [0.1, 0.15) is 18.0 Å². The van der Waals surface area contributed by atoms with E-state index in [1.165, 1.54) is 6.33 Å². The van der Waals surface area contributed by atoms with Crippen LogP contribution in [0.5, 0.6) is 0 Å². The van der Waals surface area contributed by atoms with Crippen LogP contribution in [0.25, 0.3) is 0 Å². The van der Waals surface area contributed by atoms with Gasteiger partial charge in [-0.15, -0.1) is 0 Å². The fourth-order valence-electron chi connectivity index (χ4n) is 1.56. The second kappa shape index (κ2) is 5.58. The molecule has 0 aliphatic carbocycles. The maximum Gasteiger partial charge on any atom is 0.278 e. The summed E-state index contributed by atoms with van der Waals surface area (Å²) in [5.41, 5.74) is 1.21. The summed E-state index contributed by atoms with van der Waals surface area (Å²) < 4.78 is 2.32. The Kier molecular flexibility index (Phi) is 4.03. The minimum atomic E-state index is -0.316. The van der Waals surface area contributed by atoms with Gasteiger partial charge in [-0.1, -0.05) is 0 Å². The lowest BCUT2D eigenvalue weighted by molar-refractivity contribution is 0.102. The molecule has 0 bridgehead atoms. The predicted molar refractivity (Wildman–Crippen MR) is 80.0 cm³/mol. The molecule has 2 heterocycles. The second-order valence-corrected chi connectivity index (χ2v) is 5.27. The maximum atomic E-state index is 12.2. The Balaban J connectivity index is 2.23. The normalized spacial score (nSPS) is 10.4. The number of hydrogen-bond acceptors (Lipinski definition) is 5. The lowest BCUT2D eigenvalue weighted by atomic mass is 10.3. The van der Waals surface area contributed by atoms with E-state index in [0.717, 1.165) is 5.69 Å². The largest absolute Gasteiger partial charge is 0.363 e. The van der Waals surface area contributed by atoms with Crippen molar-refractivity contribution in [3.05, 3.63) is 28.3 Å². The Labute approximate surface area is 125 Å². The Morgan fingerprint density at radius 2 is 2.10 bits per heavy atom. The average molecular weight is 339 g/mol. The van der Waals surface area contributed by atoms with E-state index in [9.17, 15) is 4.79 Å². The van der Waals surface area contributed by atoms with Crippen LogP contribution in [0.15, 0.2) is 16.9 Å². The SMILES string of the molecule is Cc1c(Br)c(C(=O)Nc2cc(N(C)C)ncn2)nn1C. The fourth-order valence-corrected chi connectivity index (χ4v) is 2.08. The van der Waals surface area contributed by atoms with Crippen molar-refractivity contribution in [1.29, 1.82) is 0 Å². The zero-order valence-electron chi connectivity index (χ0n) is 11.7. The van der Waals surface area contributed by atoms with Crippen molar-refractivity contribution < 1.29 is 4.79 Å². The Morgan fingerprint density at radius 3 is 2.65 bits per heavy atom. The molecule has 1 N–H and O–H groups in total. The zero-order valence-corrected chi connectivity index (χ0v) is 13.3. The molecule has 7 nitrogen and oxygen atoms in total. The van der Waals surface area contributed by atoms with E-state index >= 15 is 0 Å². The Morgan fingerprint density at radius 1 is 1.40 bits per heavy atom. The molecule has 0 saturated carbocycles. The highest BCUT2D eigenvalue weighted by atomic mass is 79.9. The molecular formula is C12H15BrN6O. The van der Waals surface area contributed by atoms with E-state index in [4.69, 9.17) is 0 Å². The van der Waals surface area contributed by atoms with Crippen LogP contribution >= 0.6 is 15.9 Å². The first-order valence-electron chi connectivity index (χ1n) is 5.90. The number of amides is 1. The first-order chi connectivity index (χ1) is 9.40. The monoisotopic (exact) mass is 338 g/mol. The van der Waals surface area contributed by atoms with Crippen LogP contribution < -0.4 is 10.2 Å². The lowest BCUT2D eigenvalue weighted by Crippen LogP contribution is -2.16. The number of hydrogen-bond donors (Lipinski definition) is 1. The summed E-state index contributed by atoms with van der Waals surface area (Å²) in [5.74, 6) is 0.833. The van der Waals surface area contributed by atoms with Gasteiger partial charge in [0.15, 0.2) is 5.69 Å². The molecule has 2 aromatic heterocycles. The van der Waals surface area contributed by atoms with E-state index in [0.29, 0.717) is 21.8 Å². The molecule has 0 spiro atoms. The van der Waals surface area contributed by atoms with Crippen LogP contribution in [0.3, 0.4) is 0 Å². The third kappa shape index (κ3) is 2.79. The summed E-state index contributed by atoms with van der Waals surface area (Å²) in [4.78, 5) is 22.1. The third-order valence-corrected chi connectivity index (χ3v) is 3.78. The highest BCUT2D eigenvalue weighted by Gasteiger charge is 2.18. The van der Waals surface area contributed by atoms with Crippen molar-refractivity contribution in [2.24, 2.45) is 7.05 Å². The molecule has 1 amide bonds. The van der Waals surface area contributed by atoms with Gasteiger partial charge in [-0.25, -0.2) is 9.97 Å². The molecule has 0 radical (unpaired) electrons. The number of anilines is 2. The molecule has 0 aliphatic heterocycles. The minimum absolute atomic E-state index is 0.316. The molecule has 0 fully saturated rings. The second-order valence-electron chi connectivity index (χ2n) is 4.48. The number of nitrogens with zero attached hydrogens (tertiary/aromatic N) is 5. The summed E-state index contributed by atoms with van der Waals surface area (Å²) in [6.45, 7) is 1.88. The molecule has 2 aromatic rings. The van der Waals surface area contributed by atoms with Crippen molar-refractivity contribution in [3.8, 4) is 0 Å². The molecule has 0 aromatic carbocycles. The summed E-state index contributed by atoms with van der Waals surface area (Å²) in [7, 11) is 5.52. The number of halogens is 1. The molecular weight excluding hydrogens is 324 g/mol. The van der Waals surface area contributed by atoms with E-state index in [2.05, 4.69) is 36.3 Å². The third-order valence-electron chi connectivity index (χ3n) is 2.83. The van der Waals surface area contributed by atoms with Crippen LogP contribution in [0.4, 0.5) is 11.6 Å². The Hall–Kier alpha value is -1.96. The molecule has 8 heteroatoms. The smallest absolute Gasteiger partial charge is 0.278 e. The number of nitrogens with one attached hydrogen (secondary N) is 1. The summed E-state index contributed by atoms with van der Waals surface area (Å²) in [6, 6.07) is 1.70. The fraction of sp³-hybridized carbons (Fsp3) is 0.333. The molecule has 2 rings (SSSR count). The quantitative estimate of drug-likeness (QED) is 0.919. The van der Waals surface area contributed by atoms with E-state index in [1.807, 2.05) is 25.9 Å². The first kappa shape index (κ1) is 14.4. The van der Waals surface area contributed by atoms with Crippen LogP contribution in [0, 0.1) is 6.92 Å². The topological polar surface area (TPSA) is 75.9 Å². The van der Waals surface area contributed by atoms with Crippen molar-refractivity contribution >= 4 is 33.5 Å². The van der Waals surface area contributed by atoms with Gasteiger partial charge in [0, 0.05) is 27.2 Å². The van der Waals surface area contributed by atoms with E-state index in [1.54, 1.807) is 17.8 Å². The van der Waals surface area contributed by atoms with E-state index < -0.39 is 0 Å². The van der Waals surface area contributed by atoms with Crippen LogP contribution in [0.2, 0.25) is 0 Å².